The molecule has 0 aliphatic carbocycles. The second-order valence-corrected chi connectivity index (χ2v) is 13.9. The molecule has 0 radical (unpaired) electrons. The van der Waals surface area contributed by atoms with E-state index < -0.39 is 8.32 Å². The number of hydrogen-bond donors (Lipinski definition) is 1. The van der Waals surface area contributed by atoms with Crippen LogP contribution in [0.1, 0.15) is 65.7 Å². The highest BCUT2D eigenvalue weighted by Crippen LogP contribution is 2.41. The van der Waals surface area contributed by atoms with Crippen molar-refractivity contribution in [1.82, 2.24) is 4.90 Å². The SMILES string of the molecule is CCOC(=O)CCCCN1CCC[C@H]1CCC(C)(C)[Si](O)(c1ccccc1)c1ccccc1. The second-order valence-electron chi connectivity index (χ2n) is 9.96. The number of nitrogens with zero attached hydrogens (tertiary/aromatic N) is 1. The first kappa shape index (κ1) is 25.7. The van der Waals surface area contributed by atoms with Crippen molar-refractivity contribution in [3.05, 3.63) is 60.7 Å². The molecule has 0 amide bonds. The van der Waals surface area contributed by atoms with E-state index in [1.807, 2.05) is 43.3 Å². The predicted octanol–water partition coefficient (Wildman–Crippen LogP) is 4.50. The van der Waals surface area contributed by atoms with Gasteiger partial charge in [-0.2, -0.15) is 0 Å². The number of esters is 1. The minimum Gasteiger partial charge on any atom is -0.466 e. The Balaban J connectivity index is 1.65. The van der Waals surface area contributed by atoms with Gasteiger partial charge in [-0.05, 0) is 73.9 Å². The Labute approximate surface area is 201 Å². The molecule has 2 aromatic carbocycles. The molecular weight excluding hydrogens is 426 g/mol. The van der Waals surface area contributed by atoms with Gasteiger partial charge >= 0.3 is 5.97 Å². The van der Waals surface area contributed by atoms with E-state index in [9.17, 15) is 9.59 Å². The lowest BCUT2D eigenvalue weighted by Crippen LogP contribution is -2.65. The Morgan fingerprint density at radius 3 is 2.24 bits per heavy atom. The Morgan fingerprint density at radius 1 is 1.06 bits per heavy atom. The zero-order valence-corrected chi connectivity index (χ0v) is 21.6. The molecule has 1 N–H and O–H groups in total. The number of hydrogen-bond acceptors (Lipinski definition) is 4. The predicted molar refractivity (Wildman–Crippen MR) is 138 cm³/mol. The fourth-order valence-electron chi connectivity index (χ4n) is 5.35. The molecule has 5 heteroatoms. The van der Waals surface area contributed by atoms with Crippen molar-refractivity contribution in [2.75, 3.05) is 19.7 Å². The van der Waals surface area contributed by atoms with E-state index in [4.69, 9.17) is 4.74 Å². The van der Waals surface area contributed by atoms with Gasteiger partial charge in [-0.3, -0.25) is 4.79 Å². The molecule has 1 fully saturated rings. The lowest BCUT2D eigenvalue weighted by Gasteiger charge is -2.42. The van der Waals surface area contributed by atoms with E-state index in [0.29, 0.717) is 19.1 Å². The van der Waals surface area contributed by atoms with Crippen LogP contribution in [0, 0.1) is 0 Å². The number of carbonyl (C=O) groups is 1. The van der Waals surface area contributed by atoms with Crippen molar-refractivity contribution >= 4 is 24.7 Å². The molecule has 0 spiro atoms. The van der Waals surface area contributed by atoms with Crippen LogP contribution in [-0.2, 0) is 9.53 Å². The lowest BCUT2D eigenvalue weighted by molar-refractivity contribution is -0.143. The first-order chi connectivity index (χ1) is 15.9. The third kappa shape index (κ3) is 6.34. The fraction of sp³-hybridized carbons (Fsp3) is 0.536. The van der Waals surface area contributed by atoms with Gasteiger partial charge < -0.3 is 14.4 Å². The Hall–Kier alpha value is -1.95. The third-order valence-electron chi connectivity index (χ3n) is 7.35. The number of benzene rings is 2. The summed E-state index contributed by atoms with van der Waals surface area (Å²) in [5.74, 6) is -0.0803. The van der Waals surface area contributed by atoms with Crippen LogP contribution in [0.15, 0.2) is 60.7 Å². The van der Waals surface area contributed by atoms with E-state index in [2.05, 4.69) is 43.0 Å². The average molecular weight is 468 g/mol. The van der Waals surface area contributed by atoms with Gasteiger partial charge in [-0.25, -0.2) is 0 Å². The Kier molecular flexibility index (Phi) is 9.30. The van der Waals surface area contributed by atoms with E-state index in [0.717, 1.165) is 49.1 Å². The largest absolute Gasteiger partial charge is 0.466 e. The smallest absolute Gasteiger partial charge is 0.305 e. The van der Waals surface area contributed by atoms with Crippen LogP contribution in [0.5, 0.6) is 0 Å². The van der Waals surface area contributed by atoms with E-state index in [1.165, 1.54) is 12.8 Å². The van der Waals surface area contributed by atoms with Gasteiger partial charge in [-0.15, -0.1) is 0 Å². The van der Waals surface area contributed by atoms with E-state index >= 15 is 0 Å². The molecule has 0 aromatic heterocycles. The highest BCUT2D eigenvalue weighted by atomic mass is 28.4. The third-order valence-corrected chi connectivity index (χ3v) is 11.9. The molecule has 0 saturated carbocycles. The van der Waals surface area contributed by atoms with Crippen LogP contribution >= 0.6 is 0 Å². The summed E-state index contributed by atoms with van der Waals surface area (Å²) in [7, 11) is -2.94. The van der Waals surface area contributed by atoms with Gasteiger partial charge in [0.1, 0.15) is 0 Å². The highest BCUT2D eigenvalue weighted by molar-refractivity contribution is 6.98. The molecule has 1 heterocycles. The van der Waals surface area contributed by atoms with E-state index in [-0.39, 0.29) is 11.0 Å². The van der Waals surface area contributed by atoms with Gasteiger partial charge in [0, 0.05) is 12.5 Å². The summed E-state index contributed by atoms with van der Waals surface area (Å²) in [4.78, 5) is 26.6. The molecule has 1 aliphatic heterocycles. The monoisotopic (exact) mass is 467 g/mol. The summed E-state index contributed by atoms with van der Waals surface area (Å²) in [6, 6.07) is 21.2. The summed E-state index contributed by atoms with van der Waals surface area (Å²) >= 11 is 0. The molecule has 33 heavy (non-hydrogen) atoms. The summed E-state index contributed by atoms with van der Waals surface area (Å²) in [6.07, 6.45) is 7.00. The first-order valence-electron chi connectivity index (χ1n) is 12.6. The van der Waals surface area contributed by atoms with E-state index in [1.54, 1.807) is 0 Å². The number of carbonyl (C=O) groups excluding carboxylic acids is 1. The molecule has 0 bridgehead atoms. The number of unbranched alkanes of at least 4 members (excludes halogenated alkanes) is 1. The van der Waals surface area contributed by atoms with Gasteiger partial charge in [0.05, 0.1) is 6.61 Å². The topological polar surface area (TPSA) is 49.8 Å². The molecular formula is C28H41NO3Si. The number of rotatable bonds is 12. The van der Waals surface area contributed by atoms with Crippen molar-refractivity contribution < 1.29 is 14.3 Å². The number of likely N-dealkylation sites (tertiary alicyclic amines) is 1. The van der Waals surface area contributed by atoms with Crippen molar-refractivity contribution in [1.29, 1.82) is 0 Å². The fourth-order valence-corrected chi connectivity index (χ4v) is 9.10. The lowest BCUT2D eigenvalue weighted by atomic mass is 10.0. The van der Waals surface area contributed by atoms with Crippen LogP contribution in [0.3, 0.4) is 0 Å². The molecule has 0 unspecified atom stereocenters. The molecule has 180 valence electrons. The standard InChI is InChI=1S/C28H41NO3Si/c1-4-32-27(30)19-11-12-22-29-23-13-14-24(29)20-21-28(2,3)33(31,25-15-7-5-8-16-25)26-17-9-6-10-18-26/h5-10,15-18,24,31H,4,11-14,19-23H2,1-3H3/t24-/m0/s1. The van der Waals surface area contributed by atoms with Crippen LogP contribution in [0.2, 0.25) is 5.04 Å². The summed E-state index contributed by atoms with van der Waals surface area (Å²) in [5, 5.41) is 1.97. The molecule has 1 atom stereocenters. The van der Waals surface area contributed by atoms with Crippen molar-refractivity contribution in [3.63, 3.8) is 0 Å². The highest BCUT2D eigenvalue weighted by Gasteiger charge is 2.49. The van der Waals surface area contributed by atoms with Crippen LogP contribution in [-0.4, -0.2) is 49.7 Å². The quantitative estimate of drug-likeness (QED) is 0.284. The van der Waals surface area contributed by atoms with Crippen molar-refractivity contribution in [3.8, 4) is 0 Å². The normalized spacial score (nSPS) is 17.3. The van der Waals surface area contributed by atoms with Crippen LogP contribution in [0.4, 0.5) is 0 Å². The van der Waals surface area contributed by atoms with Crippen LogP contribution in [0.25, 0.3) is 0 Å². The summed E-state index contributed by atoms with van der Waals surface area (Å²) in [5.41, 5.74) is 0. The maximum Gasteiger partial charge on any atom is 0.305 e. The molecule has 4 nitrogen and oxygen atoms in total. The minimum atomic E-state index is -2.94. The zero-order valence-electron chi connectivity index (χ0n) is 20.6. The average Bonchev–Trinajstić information content (AvgIpc) is 3.28. The molecule has 2 aromatic rings. The van der Waals surface area contributed by atoms with Crippen molar-refractivity contribution in [2.24, 2.45) is 0 Å². The Bertz CT molecular complexity index is 816. The van der Waals surface area contributed by atoms with Gasteiger partial charge in [-0.1, -0.05) is 74.5 Å². The maximum absolute atomic E-state index is 12.4. The summed E-state index contributed by atoms with van der Waals surface area (Å²) < 4.78 is 5.04. The Morgan fingerprint density at radius 2 is 1.67 bits per heavy atom. The van der Waals surface area contributed by atoms with Gasteiger partial charge in [0.2, 0.25) is 0 Å². The summed E-state index contributed by atoms with van der Waals surface area (Å²) in [6.45, 7) is 9.03. The maximum atomic E-state index is 12.4. The molecule has 1 saturated heterocycles. The van der Waals surface area contributed by atoms with Gasteiger partial charge in [0.15, 0.2) is 0 Å². The zero-order chi connectivity index (χ0) is 23.7. The molecule has 3 rings (SSSR count). The minimum absolute atomic E-state index is 0.0803. The second kappa shape index (κ2) is 12.0. The van der Waals surface area contributed by atoms with Crippen molar-refractivity contribution in [2.45, 2.75) is 76.8 Å². The van der Waals surface area contributed by atoms with Crippen LogP contribution < -0.4 is 10.4 Å². The first-order valence-corrected chi connectivity index (χ1v) is 14.6. The molecule has 1 aliphatic rings. The van der Waals surface area contributed by atoms with Gasteiger partial charge in [0.25, 0.3) is 8.32 Å². The number of ether oxygens (including phenoxy) is 1.